The van der Waals surface area contributed by atoms with Crippen molar-refractivity contribution in [3.05, 3.63) is 71.3 Å². The lowest BCUT2D eigenvalue weighted by Crippen LogP contribution is -2.61. The van der Waals surface area contributed by atoms with Crippen LogP contribution in [0.1, 0.15) is 58.9 Å². The second-order valence-electron chi connectivity index (χ2n) is 9.38. The van der Waals surface area contributed by atoms with Crippen LogP contribution in [-0.2, 0) is 11.3 Å². The Balaban J connectivity index is 1.79. The van der Waals surface area contributed by atoms with Gasteiger partial charge in [0.15, 0.2) is 0 Å². The number of hydrogen-bond donors (Lipinski definition) is 3. The minimum Gasteiger partial charge on any atom is -0.478 e. The van der Waals surface area contributed by atoms with E-state index >= 15 is 0 Å². The van der Waals surface area contributed by atoms with Gasteiger partial charge in [0, 0.05) is 25.9 Å². The van der Waals surface area contributed by atoms with Crippen molar-refractivity contribution in [3.63, 3.8) is 0 Å². The molecule has 0 radical (unpaired) electrons. The first kappa shape index (κ1) is 23.9. The number of hydrogen-bond acceptors (Lipinski definition) is 5. The van der Waals surface area contributed by atoms with E-state index in [1.807, 2.05) is 37.3 Å². The van der Waals surface area contributed by atoms with Gasteiger partial charge in [-0.3, -0.25) is 9.59 Å². The molecule has 0 aliphatic carbocycles. The quantitative estimate of drug-likeness (QED) is 0.636. The summed E-state index contributed by atoms with van der Waals surface area (Å²) in [4.78, 5) is 42.0. The van der Waals surface area contributed by atoms with Crippen molar-refractivity contribution in [1.29, 1.82) is 0 Å². The Morgan fingerprint density at radius 1 is 1.00 bits per heavy atom. The second-order valence-corrected chi connectivity index (χ2v) is 9.38. The van der Waals surface area contributed by atoms with Gasteiger partial charge in [-0.1, -0.05) is 42.5 Å². The van der Waals surface area contributed by atoms with Gasteiger partial charge in [0.2, 0.25) is 5.91 Å². The fourth-order valence-corrected chi connectivity index (χ4v) is 5.38. The standard InChI is InChI=1S/C26H30N2O6/c1-26-14-20(29)21(30)16-27(24(32)18-10-5-6-11-19(18)25(33)34)22(26)12-7-13-23(31)28(26)15-17-8-3-2-4-9-17/h2-6,8-11,20-22,29-30H,7,12-16H2,1H3,(H,33,34)/t20-,21+,22-,26+/m1/s1. The molecule has 2 amide bonds. The molecule has 2 aromatic carbocycles. The summed E-state index contributed by atoms with van der Waals surface area (Å²) in [6.45, 7) is 2.01. The number of likely N-dealkylation sites (tertiary alicyclic amines) is 2. The molecule has 2 aliphatic heterocycles. The topological polar surface area (TPSA) is 118 Å². The number of aromatic carboxylic acids is 1. The first-order valence-corrected chi connectivity index (χ1v) is 11.6. The van der Waals surface area contributed by atoms with Crippen molar-refractivity contribution >= 4 is 17.8 Å². The summed E-state index contributed by atoms with van der Waals surface area (Å²) in [5, 5.41) is 31.1. The summed E-state index contributed by atoms with van der Waals surface area (Å²) in [5.41, 5.74) is -0.148. The minimum atomic E-state index is -1.22. The molecule has 2 heterocycles. The normalized spacial score (nSPS) is 27.5. The number of aliphatic hydroxyl groups is 2. The molecule has 2 aliphatic rings. The van der Waals surface area contributed by atoms with Crippen LogP contribution in [0.2, 0.25) is 0 Å². The van der Waals surface area contributed by atoms with Crippen molar-refractivity contribution in [3.8, 4) is 0 Å². The lowest BCUT2D eigenvalue weighted by Gasteiger charge is -2.48. The molecule has 0 bridgehead atoms. The number of amides is 2. The lowest BCUT2D eigenvalue weighted by atomic mass is 9.82. The predicted octanol–water partition coefficient (Wildman–Crippen LogP) is 2.29. The summed E-state index contributed by atoms with van der Waals surface area (Å²) in [6.07, 6.45) is -0.926. The molecule has 4 atom stereocenters. The van der Waals surface area contributed by atoms with E-state index in [1.54, 1.807) is 17.0 Å². The van der Waals surface area contributed by atoms with Crippen molar-refractivity contribution in [2.24, 2.45) is 0 Å². The highest BCUT2D eigenvalue weighted by atomic mass is 16.4. The van der Waals surface area contributed by atoms with Crippen molar-refractivity contribution in [2.45, 2.75) is 62.9 Å². The van der Waals surface area contributed by atoms with Crippen LogP contribution < -0.4 is 0 Å². The number of nitrogens with zero attached hydrogens (tertiary/aromatic N) is 2. The zero-order valence-electron chi connectivity index (χ0n) is 19.1. The van der Waals surface area contributed by atoms with E-state index in [0.29, 0.717) is 25.8 Å². The van der Waals surface area contributed by atoms with E-state index in [9.17, 15) is 29.7 Å². The molecule has 2 saturated heterocycles. The zero-order valence-corrected chi connectivity index (χ0v) is 19.1. The molecule has 0 aromatic heterocycles. The zero-order chi connectivity index (χ0) is 24.5. The van der Waals surface area contributed by atoms with Gasteiger partial charge in [0.25, 0.3) is 5.91 Å². The molecule has 0 saturated carbocycles. The highest BCUT2D eigenvalue weighted by Gasteiger charge is 2.52. The fraction of sp³-hybridized carbons (Fsp3) is 0.423. The number of carboxylic acids is 1. The number of rotatable bonds is 4. The number of carboxylic acid groups (broad SMARTS) is 1. The number of carbonyl (C=O) groups is 3. The highest BCUT2D eigenvalue weighted by Crippen LogP contribution is 2.40. The van der Waals surface area contributed by atoms with Gasteiger partial charge in [-0.25, -0.2) is 4.79 Å². The van der Waals surface area contributed by atoms with Crippen LogP contribution in [0.5, 0.6) is 0 Å². The van der Waals surface area contributed by atoms with Crippen LogP contribution in [0.25, 0.3) is 0 Å². The highest BCUT2D eigenvalue weighted by molar-refractivity contribution is 6.05. The molecule has 8 nitrogen and oxygen atoms in total. The van der Waals surface area contributed by atoms with E-state index in [2.05, 4.69) is 0 Å². The second kappa shape index (κ2) is 9.56. The van der Waals surface area contributed by atoms with Gasteiger partial charge in [-0.05, 0) is 37.5 Å². The third-order valence-corrected chi connectivity index (χ3v) is 7.16. The lowest BCUT2D eigenvalue weighted by molar-refractivity contribution is -0.140. The Morgan fingerprint density at radius 3 is 2.32 bits per heavy atom. The fourth-order valence-electron chi connectivity index (χ4n) is 5.38. The van der Waals surface area contributed by atoms with Crippen LogP contribution in [-0.4, -0.2) is 73.2 Å². The molecule has 34 heavy (non-hydrogen) atoms. The van der Waals surface area contributed by atoms with Crippen LogP contribution in [0, 0.1) is 0 Å². The van der Waals surface area contributed by atoms with Crippen LogP contribution in [0.4, 0.5) is 0 Å². The Morgan fingerprint density at radius 2 is 1.65 bits per heavy atom. The molecule has 0 spiro atoms. The molecule has 3 N–H and O–H groups in total. The third kappa shape index (κ3) is 4.43. The average molecular weight is 467 g/mol. The SMILES string of the molecule is C[C@]12C[C@@H](O)[C@@H](O)CN(C(=O)c3ccccc3C(=O)O)[C@@H]1CCCC(=O)N2Cc1ccccc1. The van der Waals surface area contributed by atoms with E-state index in [0.717, 1.165) is 5.56 Å². The van der Waals surface area contributed by atoms with Gasteiger partial charge in [-0.15, -0.1) is 0 Å². The first-order chi connectivity index (χ1) is 16.2. The maximum atomic E-state index is 13.8. The van der Waals surface area contributed by atoms with Crippen LogP contribution in [0.3, 0.4) is 0 Å². The van der Waals surface area contributed by atoms with E-state index in [4.69, 9.17) is 0 Å². The van der Waals surface area contributed by atoms with Crippen molar-refractivity contribution in [1.82, 2.24) is 9.80 Å². The van der Waals surface area contributed by atoms with Crippen molar-refractivity contribution < 1.29 is 29.7 Å². The molecular weight excluding hydrogens is 436 g/mol. The van der Waals surface area contributed by atoms with E-state index < -0.39 is 35.7 Å². The first-order valence-electron chi connectivity index (χ1n) is 11.6. The maximum Gasteiger partial charge on any atom is 0.336 e. The summed E-state index contributed by atoms with van der Waals surface area (Å²) in [7, 11) is 0. The molecule has 2 aromatic rings. The van der Waals surface area contributed by atoms with Crippen molar-refractivity contribution in [2.75, 3.05) is 6.54 Å². The molecule has 4 rings (SSSR count). The predicted molar refractivity (Wildman–Crippen MR) is 124 cm³/mol. The monoisotopic (exact) mass is 466 g/mol. The Bertz CT molecular complexity index is 1070. The van der Waals surface area contributed by atoms with Gasteiger partial charge in [0.1, 0.15) is 0 Å². The van der Waals surface area contributed by atoms with Gasteiger partial charge in [-0.2, -0.15) is 0 Å². The average Bonchev–Trinajstić information content (AvgIpc) is 3.00. The van der Waals surface area contributed by atoms with Crippen LogP contribution >= 0.6 is 0 Å². The maximum absolute atomic E-state index is 13.8. The van der Waals surface area contributed by atoms with Gasteiger partial charge < -0.3 is 25.1 Å². The smallest absolute Gasteiger partial charge is 0.336 e. The van der Waals surface area contributed by atoms with E-state index in [1.165, 1.54) is 17.0 Å². The number of fused-ring (bicyclic) bond motifs is 1. The van der Waals surface area contributed by atoms with E-state index in [-0.39, 0.29) is 30.0 Å². The van der Waals surface area contributed by atoms with Gasteiger partial charge in [0.05, 0.1) is 34.9 Å². The minimum absolute atomic E-state index is 0.0196. The molecule has 8 heteroatoms. The number of benzene rings is 2. The number of carbonyl (C=O) groups excluding carboxylic acids is 2. The molecule has 0 unspecified atom stereocenters. The molecule has 2 fully saturated rings. The summed E-state index contributed by atoms with van der Waals surface area (Å²) < 4.78 is 0. The Hall–Kier alpha value is -3.23. The molecular formula is C26H30N2O6. The summed E-state index contributed by atoms with van der Waals surface area (Å²) in [5.74, 6) is -1.82. The van der Waals surface area contributed by atoms with Crippen LogP contribution in [0.15, 0.2) is 54.6 Å². The summed E-state index contributed by atoms with van der Waals surface area (Å²) >= 11 is 0. The Kier molecular flexibility index (Phi) is 6.72. The summed E-state index contributed by atoms with van der Waals surface area (Å²) in [6, 6.07) is 15.0. The molecule has 180 valence electrons. The number of aliphatic hydroxyl groups excluding tert-OH is 2. The third-order valence-electron chi connectivity index (χ3n) is 7.16. The number of β-amino-alcohol motifs (C(OH)–C–C–N with tert-alkyl or cyclic N) is 1. The largest absolute Gasteiger partial charge is 0.478 e. The Labute approximate surface area is 198 Å². The van der Waals surface area contributed by atoms with Gasteiger partial charge >= 0.3 is 5.97 Å².